The van der Waals surface area contributed by atoms with Gasteiger partial charge < -0.3 is 15.1 Å². The van der Waals surface area contributed by atoms with E-state index in [-0.39, 0.29) is 5.91 Å². The van der Waals surface area contributed by atoms with Crippen molar-refractivity contribution < 1.29 is 9.21 Å². The van der Waals surface area contributed by atoms with Crippen LogP contribution in [0.2, 0.25) is 0 Å². The molecule has 1 aromatic rings. The summed E-state index contributed by atoms with van der Waals surface area (Å²) in [6, 6.07) is 1.75. The summed E-state index contributed by atoms with van der Waals surface area (Å²) in [6.45, 7) is 4.96. The first-order valence-corrected chi connectivity index (χ1v) is 6.86. The lowest BCUT2D eigenvalue weighted by Crippen LogP contribution is -2.33. The van der Waals surface area contributed by atoms with Gasteiger partial charge in [-0.05, 0) is 44.3 Å². The molecule has 4 nitrogen and oxygen atoms in total. The van der Waals surface area contributed by atoms with Crippen molar-refractivity contribution in [2.75, 3.05) is 19.6 Å². The lowest BCUT2D eigenvalue weighted by molar-refractivity contribution is 0.0948. The molecule has 1 unspecified atom stereocenters. The summed E-state index contributed by atoms with van der Waals surface area (Å²) in [6.07, 6.45) is 5.91. The third-order valence-electron chi connectivity index (χ3n) is 3.55. The van der Waals surface area contributed by atoms with Gasteiger partial charge in [0.05, 0.1) is 11.8 Å². The quantitative estimate of drug-likeness (QED) is 0.840. The zero-order valence-corrected chi connectivity index (χ0v) is 11.0. The molecule has 1 saturated heterocycles. The second kappa shape index (κ2) is 6.59. The SMILES string of the molecule is CCc1occc1C(=O)NCCC1CCCNC1. The summed E-state index contributed by atoms with van der Waals surface area (Å²) in [7, 11) is 0. The monoisotopic (exact) mass is 250 g/mol. The largest absolute Gasteiger partial charge is 0.469 e. The van der Waals surface area contributed by atoms with Gasteiger partial charge in [0.1, 0.15) is 5.76 Å². The third-order valence-corrected chi connectivity index (χ3v) is 3.55. The second-order valence-electron chi connectivity index (χ2n) is 4.87. The summed E-state index contributed by atoms with van der Waals surface area (Å²) in [4.78, 5) is 11.9. The number of carbonyl (C=O) groups excluding carboxylic acids is 1. The van der Waals surface area contributed by atoms with Crippen molar-refractivity contribution in [3.8, 4) is 0 Å². The first-order valence-electron chi connectivity index (χ1n) is 6.86. The molecule has 0 spiro atoms. The zero-order chi connectivity index (χ0) is 12.8. The summed E-state index contributed by atoms with van der Waals surface area (Å²) in [5.74, 6) is 1.46. The average Bonchev–Trinajstić information content (AvgIpc) is 2.88. The minimum Gasteiger partial charge on any atom is -0.469 e. The Hall–Kier alpha value is -1.29. The lowest BCUT2D eigenvalue weighted by atomic mass is 9.96. The molecule has 0 bridgehead atoms. The van der Waals surface area contributed by atoms with Gasteiger partial charge in [0.2, 0.25) is 0 Å². The molecule has 2 heterocycles. The van der Waals surface area contributed by atoms with Gasteiger partial charge in [-0.1, -0.05) is 6.92 Å². The molecule has 4 heteroatoms. The van der Waals surface area contributed by atoms with Crippen molar-refractivity contribution in [1.82, 2.24) is 10.6 Å². The van der Waals surface area contributed by atoms with E-state index in [1.54, 1.807) is 12.3 Å². The number of piperidine rings is 1. The van der Waals surface area contributed by atoms with E-state index in [2.05, 4.69) is 10.6 Å². The predicted octanol–water partition coefficient (Wildman–Crippen LogP) is 1.96. The van der Waals surface area contributed by atoms with Crippen molar-refractivity contribution in [3.05, 3.63) is 23.7 Å². The van der Waals surface area contributed by atoms with Crippen LogP contribution in [0.5, 0.6) is 0 Å². The molecule has 100 valence electrons. The van der Waals surface area contributed by atoms with E-state index in [4.69, 9.17) is 4.42 Å². The molecule has 18 heavy (non-hydrogen) atoms. The van der Waals surface area contributed by atoms with Gasteiger partial charge >= 0.3 is 0 Å². The first kappa shape index (κ1) is 13.1. The molecule has 1 fully saturated rings. The van der Waals surface area contributed by atoms with Crippen LogP contribution in [0, 0.1) is 5.92 Å². The van der Waals surface area contributed by atoms with Crippen LogP contribution >= 0.6 is 0 Å². The molecule has 0 radical (unpaired) electrons. The van der Waals surface area contributed by atoms with Crippen LogP contribution in [-0.4, -0.2) is 25.5 Å². The lowest BCUT2D eigenvalue weighted by Gasteiger charge is -2.22. The highest BCUT2D eigenvalue weighted by atomic mass is 16.3. The number of carbonyl (C=O) groups is 1. The van der Waals surface area contributed by atoms with Crippen LogP contribution in [0.3, 0.4) is 0 Å². The molecule has 1 amide bonds. The molecule has 2 rings (SSSR count). The number of furan rings is 1. The molecule has 1 atom stereocenters. The highest BCUT2D eigenvalue weighted by Gasteiger charge is 2.15. The summed E-state index contributed by atoms with van der Waals surface area (Å²) >= 11 is 0. The molecule has 1 aliphatic heterocycles. The van der Waals surface area contributed by atoms with E-state index >= 15 is 0 Å². The number of hydrogen-bond acceptors (Lipinski definition) is 3. The topological polar surface area (TPSA) is 54.3 Å². The zero-order valence-electron chi connectivity index (χ0n) is 11.0. The van der Waals surface area contributed by atoms with Crippen LogP contribution in [-0.2, 0) is 6.42 Å². The fraction of sp³-hybridized carbons (Fsp3) is 0.643. The number of amides is 1. The Kier molecular flexibility index (Phi) is 4.81. The minimum absolute atomic E-state index is 0.00984. The number of rotatable bonds is 5. The summed E-state index contributed by atoms with van der Waals surface area (Å²) in [5, 5.41) is 6.37. The van der Waals surface area contributed by atoms with Crippen molar-refractivity contribution in [2.45, 2.75) is 32.6 Å². The molecule has 0 aromatic carbocycles. The maximum Gasteiger partial charge on any atom is 0.254 e. The molecule has 1 aliphatic rings. The molecule has 2 N–H and O–H groups in total. The van der Waals surface area contributed by atoms with Gasteiger partial charge in [-0.15, -0.1) is 0 Å². The second-order valence-corrected chi connectivity index (χ2v) is 4.87. The van der Waals surface area contributed by atoms with Crippen molar-refractivity contribution in [3.63, 3.8) is 0 Å². The predicted molar refractivity (Wildman–Crippen MR) is 70.6 cm³/mol. The molecular weight excluding hydrogens is 228 g/mol. The van der Waals surface area contributed by atoms with Gasteiger partial charge in [-0.3, -0.25) is 4.79 Å². The Labute approximate surface area is 108 Å². The van der Waals surface area contributed by atoms with Crippen LogP contribution in [0.1, 0.15) is 42.3 Å². The first-order chi connectivity index (χ1) is 8.81. The van der Waals surface area contributed by atoms with E-state index in [9.17, 15) is 4.79 Å². The summed E-state index contributed by atoms with van der Waals surface area (Å²) < 4.78 is 5.26. The summed E-state index contributed by atoms with van der Waals surface area (Å²) in [5.41, 5.74) is 0.680. The van der Waals surface area contributed by atoms with Gasteiger partial charge in [0.15, 0.2) is 0 Å². The maximum absolute atomic E-state index is 11.9. The smallest absolute Gasteiger partial charge is 0.254 e. The normalized spacial score (nSPS) is 19.7. The Morgan fingerprint density at radius 1 is 1.61 bits per heavy atom. The van der Waals surface area contributed by atoms with Crippen LogP contribution in [0.25, 0.3) is 0 Å². The number of hydrogen-bond donors (Lipinski definition) is 2. The van der Waals surface area contributed by atoms with Crippen LogP contribution < -0.4 is 10.6 Å². The maximum atomic E-state index is 11.9. The highest BCUT2D eigenvalue weighted by molar-refractivity contribution is 5.95. The fourth-order valence-electron chi connectivity index (χ4n) is 2.47. The highest BCUT2D eigenvalue weighted by Crippen LogP contribution is 2.14. The van der Waals surface area contributed by atoms with E-state index < -0.39 is 0 Å². The van der Waals surface area contributed by atoms with E-state index in [0.717, 1.165) is 38.2 Å². The Morgan fingerprint density at radius 2 is 2.50 bits per heavy atom. The van der Waals surface area contributed by atoms with E-state index in [1.165, 1.54) is 12.8 Å². The molecular formula is C14H22N2O2. The van der Waals surface area contributed by atoms with Gasteiger partial charge in [-0.2, -0.15) is 0 Å². The van der Waals surface area contributed by atoms with Gasteiger partial charge in [0.25, 0.3) is 5.91 Å². The standard InChI is InChI=1S/C14H22N2O2/c1-2-13-12(6-9-18-13)14(17)16-8-5-11-4-3-7-15-10-11/h6,9,11,15H,2-5,7-8,10H2,1H3,(H,16,17). The van der Waals surface area contributed by atoms with Crippen molar-refractivity contribution >= 4 is 5.91 Å². The van der Waals surface area contributed by atoms with E-state index in [1.807, 2.05) is 6.92 Å². The molecule has 1 aromatic heterocycles. The van der Waals surface area contributed by atoms with Gasteiger partial charge in [-0.25, -0.2) is 0 Å². The van der Waals surface area contributed by atoms with Gasteiger partial charge in [0, 0.05) is 13.0 Å². The van der Waals surface area contributed by atoms with Crippen LogP contribution in [0.4, 0.5) is 0 Å². The van der Waals surface area contributed by atoms with Crippen molar-refractivity contribution in [1.29, 1.82) is 0 Å². The Morgan fingerprint density at radius 3 is 3.22 bits per heavy atom. The number of aryl methyl sites for hydroxylation is 1. The fourth-order valence-corrected chi connectivity index (χ4v) is 2.47. The average molecular weight is 250 g/mol. The molecule has 0 aliphatic carbocycles. The van der Waals surface area contributed by atoms with E-state index in [0.29, 0.717) is 11.5 Å². The molecule has 0 saturated carbocycles. The minimum atomic E-state index is -0.00984. The van der Waals surface area contributed by atoms with Crippen molar-refractivity contribution in [2.24, 2.45) is 5.92 Å². The third kappa shape index (κ3) is 3.35. The Bertz CT molecular complexity index is 381. The van der Waals surface area contributed by atoms with Crippen LogP contribution in [0.15, 0.2) is 16.7 Å². The Balaban J connectivity index is 1.74. The number of nitrogens with one attached hydrogen (secondary N) is 2.